The number of benzene rings is 7. The Morgan fingerprint density at radius 2 is 0.436 bits per heavy atom. The Balaban J connectivity index is 0.000000357. The van der Waals surface area contributed by atoms with E-state index in [0.29, 0.717) is 36.1 Å². The number of likely N-dealkylation sites (N-methyl/N-ethyl adjacent to an activating group) is 7. The maximum absolute atomic E-state index is 12.1. The van der Waals surface area contributed by atoms with Gasteiger partial charge in [0.15, 0.2) is 0 Å². The van der Waals surface area contributed by atoms with Crippen molar-refractivity contribution >= 4 is 0 Å². The molecule has 21 heteroatoms. The van der Waals surface area contributed by atoms with Gasteiger partial charge in [-0.3, -0.25) is 0 Å². The van der Waals surface area contributed by atoms with Crippen LogP contribution in [0.5, 0.6) is 40.2 Å². The van der Waals surface area contributed by atoms with Gasteiger partial charge in [-0.25, -0.2) is 0 Å². The van der Waals surface area contributed by atoms with E-state index in [2.05, 4.69) is 0 Å². The molecule has 7 N–H and O–H groups in total. The van der Waals surface area contributed by atoms with E-state index in [9.17, 15) is 37.1 Å². The van der Waals surface area contributed by atoms with Crippen LogP contribution in [0.3, 0.4) is 0 Å². The molecule has 7 fully saturated rings. The highest BCUT2D eigenvalue weighted by atomic mass is 16.5. The summed E-state index contributed by atoms with van der Waals surface area (Å²) in [6.45, 7) is -47.5. The zero-order valence-corrected chi connectivity index (χ0v) is 77.2. The molecule has 7 aliphatic rings. The highest BCUT2D eigenvalue weighted by Crippen LogP contribution is 2.49. The third kappa shape index (κ3) is 36.7. The van der Waals surface area contributed by atoms with Gasteiger partial charge in [0.25, 0.3) is 0 Å². The molecule has 0 amide bonds. The molecule has 0 unspecified atom stereocenters. The van der Waals surface area contributed by atoms with Crippen molar-refractivity contribution in [3.8, 4) is 40.2 Å². The van der Waals surface area contributed by atoms with Gasteiger partial charge >= 0.3 is 0 Å². The predicted octanol–water partition coefficient (Wildman–Crippen LogP) is 21.2. The van der Waals surface area contributed by atoms with Crippen LogP contribution in [-0.2, 0) is 0 Å². The minimum atomic E-state index is -4.71. The van der Waals surface area contributed by atoms with Crippen LogP contribution in [0.4, 0.5) is 0 Å². The zero-order valence-electron chi connectivity index (χ0n) is 198. The molecule has 0 radical (unpaired) electrons. The van der Waals surface area contributed by atoms with Crippen molar-refractivity contribution in [2.45, 2.75) is 304 Å². The lowest BCUT2D eigenvalue weighted by atomic mass is 9.72. The van der Waals surface area contributed by atoms with Crippen LogP contribution in [-0.4, -0.2) is 303 Å². The van der Waals surface area contributed by atoms with Gasteiger partial charge in [0.1, 0.15) is 40.2 Å². The third-order valence-electron chi connectivity index (χ3n) is 19.2. The molecule has 0 spiro atoms. The van der Waals surface area contributed by atoms with E-state index in [1.807, 2.05) is 0 Å². The Morgan fingerprint density at radius 3 is 0.657 bits per heavy atom. The summed E-state index contributed by atoms with van der Waals surface area (Å²) in [6, 6.07) is -28.3. The number of aliphatic hydroxyl groups is 7. The Morgan fingerprint density at radius 1 is 0.243 bits per heavy atom. The SMILES string of the molecule is [2H]c1c([2H])c([C@@H](C([2H])([2H])N(C([2H])([2H])[2H])C([2H])([2H])[2H])C2(O)C([2H])([2H])C([2H])([2H])C([2H])([2H])C([2H])([2H])C2([2H])[2H])c([2H])c([2H])c1OC.[2H]c1c([2H])c([C@@H](C([2H])([2H])N(C)C([2H])([2H])[2H])C2(O)C([2H])([2H])C([2H])([2H])C([2H])([2H])C([2H])([2H])C2([2H])[2H])c([2H])c([2H])c1OC.[2H]c1c([2H])c([C@@H](C([2H])([2H])N(C)C)C2(O)C([2H])([2H])C([2H])([2H])C([2H])([2H])C([2H])([2H])C2([2H])[2H])c([2H])c([2H])c1OC.[2H]c1c([2H])c([C@@H](CN(C([2H])([2H])[2H])C([2H])([2H])[2H])C2(O)C([2H])([2H])C([2H])([2H])C([2H])([2H])C([2H])([2H])C2([2H])[2H])c([2H])c([2H])c1OC.[2H]c1c([2H])c([C@@H](CN(C)C([2H])([2H])[2H])C2(O)C([2H])([2H])C([2H])([2H])C([2H])([2H])C([2H])([2H])C2([2H])[2H])c([2H])c([2H])c1OC.[2H]c1c([2H])c([C@@H](CN(C)C)C2(O)C([2H])([2H])C([2H])([2H])C([2H])([2H])C([2H])([2H])C2([2H])[2H])c([2H])c([2H])c1OC.[2H]c1c([2H])c([C@]([2H])(C2(O)CCCCC2)C([2H])([2H])N(C([2H])([2H])[2H])C([2H])([2H])[2H])c([2H])c([2H])c1OC. The fourth-order valence-electron chi connectivity index (χ4n) is 12.5. The molecule has 7 aliphatic carbocycles. The number of rotatable bonds is 35. The average molecular weight is 2060 g/mol. The van der Waals surface area contributed by atoms with Crippen molar-refractivity contribution < 1.29 is 235 Å². The number of nitrogens with zero attached hydrogens (tertiary/aromatic N) is 7. The van der Waals surface area contributed by atoms with Crippen molar-refractivity contribution in [1.29, 1.82) is 0 Å². The van der Waals surface area contributed by atoms with Gasteiger partial charge in [-0.1, -0.05) is 219 Å². The quantitative estimate of drug-likeness (QED) is 0.0196. The topological polar surface area (TPSA) is 229 Å². The van der Waals surface area contributed by atoms with Gasteiger partial charge in [0, 0.05) is 215 Å². The molecule has 7 aromatic rings. The normalized spacial score (nSPS) is 44.6. The van der Waals surface area contributed by atoms with Gasteiger partial charge in [-0.15, -0.1) is 0 Å². The fourth-order valence-corrected chi connectivity index (χ4v) is 12.5. The van der Waals surface area contributed by atoms with Crippen molar-refractivity contribution in [3.63, 3.8) is 0 Å². The van der Waals surface area contributed by atoms with Gasteiger partial charge in [0.2, 0.25) is 0 Å². The molecule has 14 rings (SSSR count). The lowest BCUT2D eigenvalue weighted by Crippen LogP contribution is -2.42. The number of ether oxygens (including phenoxy) is 7. The first kappa shape index (κ1) is 33.8. The summed E-state index contributed by atoms with van der Waals surface area (Å²) in [7, 11) is 13.5. The number of hydrogen-bond acceptors (Lipinski definition) is 21. The summed E-state index contributed by atoms with van der Waals surface area (Å²) in [5, 5.41) is 83.2. The monoisotopic (exact) mass is 2060 g/mol. The molecule has 7 saturated carbocycles. The van der Waals surface area contributed by atoms with E-state index in [1.165, 1.54) is 19.0 Å². The Labute approximate surface area is 1020 Å². The second-order valence-electron chi connectivity index (χ2n) is 29.7. The molecule has 0 aromatic heterocycles. The average Bonchev–Trinajstić information content (AvgIpc) is 0.655. The standard InChI is InChI=1S/7C17H27NO2/c7*1-18(2)13-16(17(19)11-5-4-6-12-17)14-7-9-15(20-3)10-8-14/h7*7-10,16,19H,4-6,11-13H2,1-3H3/t7*16-/m1111111/s1/i1D3,2D3,4D2,5D2,6D2,7D,8D,9D,10D,11D2,12D2,13D2;1D3,4D2,5D2,6D2,7D,8D,9D,10D,11D2,12D2,13D2;1D3,2D3,4D2,5D2,6D2,7D,8D,9D,10D,11D2,12D2;4D2,5D2,6D2,7D,8D,9D,10D,11D2,12D2,13D2;1D3,4D2,5D2,6D2,7D,8D,9D,10D,11D2,12D2;4D2,5D2,6D2,7D,8D,9D,10D,11D2,12D2;1D3,2D3,7D,8D,9D,10D,13D2,16D. The highest BCUT2D eigenvalue weighted by molar-refractivity contribution is 5.38. The van der Waals surface area contributed by atoms with E-state index in [4.69, 9.17) is 198 Å². The lowest BCUT2D eigenvalue weighted by molar-refractivity contribution is -0.0280. The van der Waals surface area contributed by atoms with Crippen LogP contribution in [0.25, 0.3) is 0 Å². The van der Waals surface area contributed by atoms with Gasteiger partial charge in [-0.05, 0) is 311 Å². The molecule has 784 valence electrons. The summed E-state index contributed by atoms with van der Waals surface area (Å²) in [6.07, 6.45) is -122. The maximum atomic E-state index is 12.1. The molecule has 7 aromatic carbocycles. The Kier molecular flexibility index (Phi) is 14.2. The third-order valence-corrected chi connectivity index (χ3v) is 19.2. The molecule has 0 bridgehead atoms. The molecule has 7 atom stereocenters. The summed E-state index contributed by atoms with van der Waals surface area (Å²) < 4.78 is 1020. The van der Waals surface area contributed by atoms with Crippen LogP contribution < -0.4 is 33.2 Å². The molecule has 21 nitrogen and oxygen atoms in total. The first-order valence-electron chi connectivity index (χ1n) is 101. The number of hydrogen-bond donors (Lipinski definition) is 7. The van der Waals surface area contributed by atoms with Gasteiger partial charge in [-0.2, -0.15) is 0 Å². The molecular weight excluding hydrogens is 1750 g/mol. The first-order chi connectivity index (χ1) is 114. The molecule has 140 heavy (non-hydrogen) atoms. The molecular formula is C119H189N7O14. The van der Waals surface area contributed by atoms with Gasteiger partial charge < -0.3 is 103 Å². The second-order valence-corrected chi connectivity index (χ2v) is 29.7. The van der Waals surface area contributed by atoms with Gasteiger partial charge in [0.05, 0.1) is 127 Å². The number of methoxy groups -OCH3 is 7. The first-order valence-corrected chi connectivity index (χ1v) is 40.7. The summed E-state index contributed by atoms with van der Waals surface area (Å²) in [4.78, 5) is 0.577. The van der Waals surface area contributed by atoms with Crippen LogP contribution in [0, 0.1) is 0 Å². The second kappa shape index (κ2) is 58.7. The fraction of sp³-hybridized carbons (Fsp3) is 0.647. The summed E-state index contributed by atoms with van der Waals surface area (Å²) in [5.74, 6) is -24.7. The predicted molar refractivity (Wildman–Crippen MR) is 576 cm³/mol. The van der Waals surface area contributed by atoms with E-state index < -0.39 is 631 Å². The van der Waals surface area contributed by atoms with E-state index >= 15 is 0 Å². The smallest absolute Gasteiger partial charge is 0.118 e. The van der Waals surface area contributed by atoms with Crippen LogP contribution in [0.1, 0.15) is 469 Å². The lowest BCUT2D eigenvalue weighted by Gasteiger charge is -2.40. The minimum Gasteiger partial charge on any atom is -0.497 e. The van der Waals surface area contributed by atoms with Crippen molar-refractivity contribution in [2.75, 3.05) is 193 Å². The summed E-state index contributed by atoms with van der Waals surface area (Å²) in [5.41, 5.74) is -35.4. The van der Waals surface area contributed by atoms with Crippen LogP contribution in [0.2, 0.25) is 0 Å². The van der Waals surface area contributed by atoms with E-state index in [-0.39, 0.29) is 22.6 Å². The van der Waals surface area contributed by atoms with Crippen LogP contribution in [0.15, 0.2) is 169 Å². The molecule has 0 heterocycles. The summed E-state index contributed by atoms with van der Waals surface area (Å²) >= 11 is 0. The van der Waals surface area contributed by atoms with Crippen molar-refractivity contribution in [1.82, 2.24) is 34.3 Å². The zero-order chi connectivity index (χ0) is 208. The minimum absolute atomic E-state index is 0.125. The largest absolute Gasteiger partial charge is 0.497 e. The van der Waals surface area contributed by atoms with Crippen molar-refractivity contribution in [3.05, 3.63) is 208 Å². The Bertz CT molecular complexity index is 10400. The van der Waals surface area contributed by atoms with E-state index in [0.717, 1.165) is 70.9 Å². The maximum Gasteiger partial charge on any atom is 0.118 e. The van der Waals surface area contributed by atoms with Crippen LogP contribution >= 0.6 is 0 Å². The molecule has 0 saturated heterocycles. The molecule has 0 aliphatic heterocycles. The Hall–Kier alpha value is -7.42. The van der Waals surface area contributed by atoms with Crippen molar-refractivity contribution in [2.24, 2.45) is 0 Å². The van der Waals surface area contributed by atoms with E-state index in [1.54, 1.807) is 0 Å². The highest BCUT2D eigenvalue weighted by Gasteiger charge is 2.46.